The lowest BCUT2D eigenvalue weighted by atomic mass is 10.2. The maximum Gasteiger partial charge on any atom is 0.270 e. The van der Waals surface area contributed by atoms with Crippen molar-refractivity contribution in [3.8, 4) is 17.2 Å². The predicted octanol–water partition coefficient (Wildman–Crippen LogP) is 2.90. The molecule has 2 aromatic carbocycles. The van der Waals surface area contributed by atoms with Crippen LogP contribution in [0.1, 0.15) is 5.69 Å². The molecule has 186 valence electrons. The Morgan fingerprint density at radius 3 is 2.37 bits per heavy atom. The van der Waals surface area contributed by atoms with Crippen LogP contribution in [-0.4, -0.2) is 56.4 Å². The number of aliphatic hydroxyl groups is 1. The third-order valence-electron chi connectivity index (χ3n) is 5.15. The van der Waals surface area contributed by atoms with Crippen LogP contribution in [0.15, 0.2) is 45.8 Å². The lowest BCUT2D eigenvalue weighted by Gasteiger charge is -2.14. The second-order valence-corrected chi connectivity index (χ2v) is 9.04. The zero-order valence-electron chi connectivity index (χ0n) is 19.5. The highest BCUT2D eigenvalue weighted by atomic mass is 32.2. The molecule has 0 bridgehead atoms. The number of methoxy groups -OCH3 is 3. The Morgan fingerprint density at radius 2 is 1.74 bits per heavy atom. The summed E-state index contributed by atoms with van der Waals surface area (Å²) in [7, 11) is 0.0594. The van der Waals surface area contributed by atoms with Crippen molar-refractivity contribution in [3.63, 3.8) is 0 Å². The fourth-order valence-corrected chi connectivity index (χ4v) is 4.95. The Bertz CT molecular complexity index is 1440. The molecule has 0 aliphatic heterocycles. The Morgan fingerprint density at radius 1 is 1.06 bits per heavy atom. The maximum atomic E-state index is 13.2. The number of hydrogen-bond acceptors (Lipinski definition) is 10. The van der Waals surface area contributed by atoms with Crippen LogP contribution in [-0.2, 0) is 16.6 Å². The van der Waals surface area contributed by atoms with Crippen LogP contribution in [0.4, 0.5) is 17.3 Å². The van der Waals surface area contributed by atoms with Crippen molar-refractivity contribution < 1.29 is 32.3 Å². The second kappa shape index (κ2) is 9.72. The molecular formula is C22H25N5O7S. The molecule has 13 heteroatoms. The van der Waals surface area contributed by atoms with Crippen LogP contribution in [0.3, 0.4) is 0 Å². The molecule has 35 heavy (non-hydrogen) atoms. The fraction of sp³-hybridized carbons (Fsp3) is 0.273. The lowest BCUT2D eigenvalue weighted by Crippen LogP contribution is -2.15. The van der Waals surface area contributed by atoms with E-state index in [-0.39, 0.29) is 28.8 Å². The number of nitrogens with one attached hydrogen (secondary N) is 2. The molecule has 0 fully saturated rings. The van der Waals surface area contributed by atoms with Gasteiger partial charge in [-0.15, -0.1) is 0 Å². The van der Waals surface area contributed by atoms with Gasteiger partial charge in [0.05, 0.1) is 51.2 Å². The monoisotopic (exact) mass is 503 g/mol. The van der Waals surface area contributed by atoms with Crippen LogP contribution < -0.4 is 24.2 Å². The highest BCUT2D eigenvalue weighted by Crippen LogP contribution is 2.38. The molecular weight excluding hydrogens is 478 g/mol. The summed E-state index contributed by atoms with van der Waals surface area (Å²) in [5, 5.41) is 21.1. The Kier molecular flexibility index (Phi) is 6.71. The number of ether oxygens (including phenoxy) is 3. The van der Waals surface area contributed by atoms with Gasteiger partial charge in [-0.3, -0.25) is 4.72 Å². The summed E-state index contributed by atoms with van der Waals surface area (Å²) in [6.07, 6.45) is 0. The average molecular weight is 504 g/mol. The zero-order valence-corrected chi connectivity index (χ0v) is 20.3. The van der Waals surface area contributed by atoms with Crippen LogP contribution in [0.2, 0.25) is 0 Å². The van der Waals surface area contributed by atoms with E-state index >= 15 is 0 Å². The van der Waals surface area contributed by atoms with Crippen LogP contribution in [0.5, 0.6) is 17.2 Å². The minimum atomic E-state index is -4.16. The summed E-state index contributed by atoms with van der Waals surface area (Å²) in [5.74, 6) is 1.24. The number of rotatable bonds is 10. The average Bonchev–Trinajstić information content (AvgIpc) is 3.39. The molecule has 12 nitrogen and oxygen atoms in total. The molecule has 3 N–H and O–H groups in total. The van der Waals surface area contributed by atoms with E-state index < -0.39 is 10.0 Å². The number of benzene rings is 2. The first-order valence-corrected chi connectivity index (χ1v) is 11.9. The van der Waals surface area contributed by atoms with Crippen molar-refractivity contribution >= 4 is 38.3 Å². The van der Waals surface area contributed by atoms with Crippen molar-refractivity contribution in [3.05, 3.63) is 42.1 Å². The van der Waals surface area contributed by atoms with Gasteiger partial charge in [0.15, 0.2) is 16.3 Å². The first kappa shape index (κ1) is 24.2. The number of aliphatic hydroxyl groups excluding tert-OH is 1. The zero-order chi connectivity index (χ0) is 25.2. The van der Waals surface area contributed by atoms with E-state index in [1.165, 1.54) is 33.5 Å². The summed E-state index contributed by atoms with van der Waals surface area (Å²) in [4.78, 5) is -0.168. The molecule has 0 aliphatic carbocycles. The number of anilines is 3. The molecule has 0 amide bonds. The van der Waals surface area contributed by atoms with E-state index in [4.69, 9.17) is 18.7 Å². The minimum Gasteiger partial charge on any atom is -0.495 e. The molecule has 4 aromatic rings. The van der Waals surface area contributed by atoms with Gasteiger partial charge in [-0.25, -0.2) is 13.1 Å². The summed E-state index contributed by atoms with van der Waals surface area (Å²) >= 11 is 0. The molecule has 0 saturated heterocycles. The number of nitrogens with zero attached hydrogens (tertiary/aromatic N) is 3. The third-order valence-corrected chi connectivity index (χ3v) is 6.55. The minimum absolute atomic E-state index is 0.0287. The van der Waals surface area contributed by atoms with Gasteiger partial charge in [0.25, 0.3) is 10.0 Å². The topological polar surface area (TPSA) is 150 Å². The van der Waals surface area contributed by atoms with E-state index in [1.807, 2.05) is 13.0 Å². The van der Waals surface area contributed by atoms with Crippen molar-refractivity contribution in [2.75, 3.05) is 38.0 Å². The SMILES string of the molecule is COc1cc2c(NS(=O)(=O)c3c(OC)cccc3OC)noc2cc1Nc1cc(C)nn1CCO. The number of sulfonamides is 1. The quantitative estimate of drug-likeness (QED) is 0.295. The molecule has 2 aromatic heterocycles. The summed E-state index contributed by atoms with van der Waals surface area (Å²) in [6.45, 7) is 2.07. The standard InChI is InChI=1S/C22H25N5O7S/c1-13-10-20(27(24-13)8-9-28)23-15-12-18-14(11-19(15)33-4)22(25-34-18)26-35(29,30)21-16(31-2)6-5-7-17(21)32-3/h5-7,10-12,23,28H,8-9H2,1-4H3,(H,25,26). The molecule has 0 spiro atoms. The fourth-order valence-electron chi connectivity index (χ4n) is 3.61. The first-order chi connectivity index (χ1) is 16.8. The van der Waals surface area contributed by atoms with Gasteiger partial charge in [0.2, 0.25) is 0 Å². The molecule has 0 saturated carbocycles. The highest BCUT2D eigenvalue weighted by molar-refractivity contribution is 7.93. The van der Waals surface area contributed by atoms with Gasteiger partial charge in [0, 0.05) is 12.1 Å². The third kappa shape index (κ3) is 4.68. The van der Waals surface area contributed by atoms with Crippen molar-refractivity contribution in [2.24, 2.45) is 0 Å². The van der Waals surface area contributed by atoms with Gasteiger partial charge in [0.1, 0.15) is 23.1 Å². The van der Waals surface area contributed by atoms with Crippen LogP contribution in [0.25, 0.3) is 11.0 Å². The van der Waals surface area contributed by atoms with Crippen molar-refractivity contribution in [2.45, 2.75) is 18.4 Å². The predicted molar refractivity (Wildman–Crippen MR) is 128 cm³/mol. The summed E-state index contributed by atoms with van der Waals surface area (Å²) in [5.41, 5.74) is 1.61. The normalized spacial score (nSPS) is 11.5. The molecule has 0 radical (unpaired) electrons. The molecule has 2 heterocycles. The molecule has 0 atom stereocenters. The Labute approximate surface area is 201 Å². The van der Waals surface area contributed by atoms with Crippen LogP contribution >= 0.6 is 0 Å². The number of fused-ring (bicyclic) bond motifs is 1. The number of aryl methyl sites for hydroxylation is 1. The Balaban J connectivity index is 1.72. The van der Waals surface area contributed by atoms with Crippen molar-refractivity contribution in [1.82, 2.24) is 14.9 Å². The number of hydrogen-bond donors (Lipinski definition) is 3. The molecule has 4 rings (SSSR count). The van der Waals surface area contributed by atoms with Gasteiger partial charge < -0.3 is 29.2 Å². The van der Waals surface area contributed by atoms with E-state index in [1.54, 1.807) is 22.9 Å². The second-order valence-electron chi connectivity index (χ2n) is 7.42. The maximum absolute atomic E-state index is 13.2. The van der Waals surface area contributed by atoms with Crippen LogP contribution in [0, 0.1) is 6.92 Å². The van der Waals surface area contributed by atoms with Gasteiger partial charge in [-0.2, -0.15) is 5.10 Å². The first-order valence-electron chi connectivity index (χ1n) is 10.4. The molecule has 0 aliphatic rings. The van der Waals surface area contributed by atoms with Gasteiger partial charge >= 0.3 is 0 Å². The van der Waals surface area contributed by atoms with Gasteiger partial charge in [-0.1, -0.05) is 11.2 Å². The largest absolute Gasteiger partial charge is 0.495 e. The van der Waals surface area contributed by atoms with E-state index in [0.29, 0.717) is 34.8 Å². The Hall–Kier alpha value is -3.97. The smallest absolute Gasteiger partial charge is 0.270 e. The molecule has 0 unspecified atom stereocenters. The number of aromatic nitrogens is 3. The van der Waals surface area contributed by atoms with E-state index in [9.17, 15) is 13.5 Å². The van der Waals surface area contributed by atoms with Gasteiger partial charge in [-0.05, 0) is 25.1 Å². The van der Waals surface area contributed by atoms with Crippen molar-refractivity contribution in [1.29, 1.82) is 0 Å². The summed E-state index contributed by atoms with van der Waals surface area (Å²) < 4.78 is 51.9. The summed E-state index contributed by atoms with van der Waals surface area (Å²) in [6, 6.07) is 9.71. The highest BCUT2D eigenvalue weighted by Gasteiger charge is 2.27. The lowest BCUT2D eigenvalue weighted by molar-refractivity contribution is 0.270. The van der Waals surface area contributed by atoms with E-state index in [0.717, 1.165) is 5.69 Å². The van der Waals surface area contributed by atoms with E-state index in [2.05, 4.69) is 20.3 Å².